The molecule has 0 aromatic carbocycles. The zero-order chi connectivity index (χ0) is 12.3. The summed E-state index contributed by atoms with van der Waals surface area (Å²) in [6.45, 7) is 0. The maximum absolute atomic E-state index is 11.9. The summed E-state index contributed by atoms with van der Waals surface area (Å²) >= 11 is 0. The van der Waals surface area contributed by atoms with E-state index in [-0.39, 0.29) is 30.1 Å². The molecule has 4 atom stereocenters. The predicted octanol–water partition coefficient (Wildman–Crippen LogP) is 1.61. The fourth-order valence-corrected chi connectivity index (χ4v) is 2.91. The van der Waals surface area contributed by atoms with Crippen molar-refractivity contribution >= 4 is 5.97 Å². The van der Waals surface area contributed by atoms with Crippen LogP contribution in [0.15, 0.2) is 0 Å². The monoisotopic (exact) mass is 241 g/mol. The van der Waals surface area contributed by atoms with Crippen molar-refractivity contribution in [1.82, 2.24) is 0 Å². The van der Waals surface area contributed by atoms with Crippen molar-refractivity contribution in [3.05, 3.63) is 0 Å². The summed E-state index contributed by atoms with van der Waals surface area (Å²) in [5.74, 6) is -0.00683. The van der Waals surface area contributed by atoms with Gasteiger partial charge in [-0.25, -0.2) is 0 Å². The highest BCUT2D eigenvalue weighted by molar-refractivity contribution is 5.73. The number of esters is 1. The van der Waals surface area contributed by atoms with Crippen LogP contribution in [-0.4, -0.2) is 31.3 Å². The molecule has 2 aliphatic rings. The summed E-state index contributed by atoms with van der Waals surface area (Å²) in [6, 6.07) is 0.186. The van der Waals surface area contributed by atoms with Gasteiger partial charge in [-0.1, -0.05) is 0 Å². The van der Waals surface area contributed by atoms with Gasteiger partial charge in [0.1, 0.15) is 6.10 Å². The van der Waals surface area contributed by atoms with Crippen molar-refractivity contribution in [2.75, 3.05) is 7.11 Å². The molecule has 0 saturated heterocycles. The molecule has 17 heavy (non-hydrogen) atoms. The lowest BCUT2D eigenvalue weighted by molar-refractivity contribution is -0.157. The van der Waals surface area contributed by atoms with Crippen LogP contribution < -0.4 is 5.73 Å². The molecular weight excluding hydrogens is 218 g/mol. The van der Waals surface area contributed by atoms with Crippen molar-refractivity contribution < 1.29 is 14.3 Å². The van der Waals surface area contributed by atoms with Crippen LogP contribution in [0.25, 0.3) is 0 Å². The van der Waals surface area contributed by atoms with Crippen molar-refractivity contribution in [3.8, 4) is 0 Å². The highest BCUT2D eigenvalue weighted by Gasteiger charge is 2.32. The standard InChI is InChI=1S/C13H23NO3/c1-16-11-3-2-4-12(8-11)17-13(15)9-5-6-10(14)7-9/h9-12H,2-8,14H2,1H3. The molecule has 0 bridgehead atoms. The van der Waals surface area contributed by atoms with Gasteiger partial charge in [-0.3, -0.25) is 4.79 Å². The third-order valence-electron chi connectivity index (χ3n) is 4.00. The van der Waals surface area contributed by atoms with Gasteiger partial charge in [0.25, 0.3) is 0 Å². The molecule has 0 amide bonds. The average molecular weight is 241 g/mol. The zero-order valence-electron chi connectivity index (χ0n) is 10.6. The molecule has 0 aliphatic heterocycles. The molecule has 0 heterocycles. The summed E-state index contributed by atoms with van der Waals surface area (Å²) < 4.78 is 10.9. The van der Waals surface area contributed by atoms with E-state index in [2.05, 4.69) is 0 Å². The first-order chi connectivity index (χ1) is 8.19. The Hall–Kier alpha value is -0.610. The lowest BCUT2D eigenvalue weighted by Crippen LogP contribution is -2.31. The fourth-order valence-electron chi connectivity index (χ4n) is 2.91. The minimum Gasteiger partial charge on any atom is -0.462 e. The summed E-state index contributed by atoms with van der Waals surface area (Å²) in [5.41, 5.74) is 5.81. The van der Waals surface area contributed by atoms with E-state index in [0.717, 1.165) is 44.9 Å². The maximum Gasteiger partial charge on any atom is 0.309 e. The van der Waals surface area contributed by atoms with Gasteiger partial charge >= 0.3 is 5.97 Å². The van der Waals surface area contributed by atoms with Crippen molar-refractivity contribution in [2.45, 2.75) is 63.2 Å². The normalized spacial score (nSPS) is 38.0. The lowest BCUT2D eigenvalue weighted by atomic mass is 9.94. The number of ether oxygens (including phenoxy) is 2. The first kappa shape index (κ1) is 12.8. The molecule has 4 heteroatoms. The van der Waals surface area contributed by atoms with E-state index >= 15 is 0 Å². The number of hydrogen-bond acceptors (Lipinski definition) is 4. The molecule has 2 aliphatic carbocycles. The van der Waals surface area contributed by atoms with E-state index < -0.39 is 0 Å². The summed E-state index contributed by atoms with van der Waals surface area (Å²) in [7, 11) is 1.73. The first-order valence-electron chi connectivity index (χ1n) is 6.68. The zero-order valence-corrected chi connectivity index (χ0v) is 10.6. The Balaban J connectivity index is 1.78. The topological polar surface area (TPSA) is 61.5 Å². The molecule has 2 rings (SSSR count). The van der Waals surface area contributed by atoms with Gasteiger partial charge in [-0.2, -0.15) is 0 Å². The quantitative estimate of drug-likeness (QED) is 0.763. The van der Waals surface area contributed by atoms with E-state index in [1.807, 2.05) is 0 Å². The van der Waals surface area contributed by atoms with Crippen LogP contribution in [0.3, 0.4) is 0 Å². The Labute approximate surface area is 103 Å². The molecule has 2 fully saturated rings. The van der Waals surface area contributed by atoms with Crippen LogP contribution in [0.5, 0.6) is 0 Å². The lowest BCUT2D eigenvalue weighted by Gasteiger charge is -2.28. The Morgan fingerprint density at radius 1 is 1.12 bits per heavy atom. The number of hydrogen-bond donors (Lipinski definition) is 1. The molecule has 98 valence electrons. The average Bonchev–Trinajstić information content (AvgIpc) is 2.76. The molecule has 0 spiro atoms. The Morgan fingerprint density at radius 2 is 1.88 bits per heavy atom. The number of nitrogens with two attached hydrogens (primary N) is 1. The molecule has 4 unspecified atom stereocenters. The molecule has 4 nitrogen and oxygen atoms in total. The van der Waals surface area contributed by atoms with Crippen LogP contribution in [0, 0.1) is 5.92 Å². The molecular formula is C13H23NO3. The largest absolute Gasteiger partial charge is 0.462 e. The van der Waals surface area contributed by atoms with E-state index in [1.165, 1.54) is 0 Å². The second kappa shape index (κ2) is 5.83. The van der Waals surface area contributed by atoms with Crippen LogP contribution in [0.4, 0.5) is 0 Å². The Bertz CT molecular complexity index is 269. The van der Waals surface area contributed by atoms with E-state index in [1.54, 1.807) is 7.11 Å². The summed E-state index contributed by atoms with van der Waals surface area (Å²) in [4.78, 5) is 11.9. The van der Waals surface area contributed by atoms with E-state index in [4.69, 9.17) is 15.2 Å². The van der Waals surface area contributed by atoms with E-state index in [0.29, 0.717) is 0 Å². The van der Waals surface area contributed by atoms with Crippen molar-refractivity contribution in [2.24, 2.45) is 11.7 Å². The number of rotatable bonds is 3. The first-order valence-corrected chi connectivity index (χ1v) is 6.68. The highest BCUT2D eigenvalue weighted by atomic mass is 16.5. The second-order valence-electron chi connectivity index (χ2n) is 5.35. The Morgan fingerprint density at radius 3 is 2.53 bits per heavy atom. The minimum absolute atomic E-state index is 0.0351. The second-order valence-corrected chi connectivity index (χ2v) is 5.35. The van der Waals surface area contributed by atoms with Gasteiger partial charge in [0.15, 0.2) is 0 Å². The highest BCUT2D eigenvalue weighted by Crippen LogP contribution is 2.28. The third kappa shape index (κ3) is 3.42. The van der Waals surface area contributed by atoms with Crippen LogP contribution in [0.2, 0.25) is 0 Å². The summed E-state index contributed by atoms with van der Waals surface area (Å²) in [6.07, 6.45) is 6.93. The van der Waals surface area contributed by atoms with Crippen LogP contribution in [0.1, 0.15) is 44.9 Å². The summed E-state index contributed by atoms with van der Waals surface area (Å²) in [5, 5.41) is 0. The molecule has 2 N–H and O–H groups in total. The molecule has 0 aromatic heterocycles. The van der Waals surface area contributed by atoms with Gasteiger partial charge in [0, 0.05) is 19.6 Å². The third-order valence-corrected chi connectivity index (χ3v) is 4.00. The van der Waals surface area contributed by atoms with Crippen LogP contribution >= 0.6 is 0 Å². The molecule has 0 aromatic rings. The number of methoxy groups -OCH3 is 1. The van der Waals surface area contributed by atoms with Gasteiger partial charge < -0.3 is 15.2 Å². The van der Waals surface area contributed by atoms with Crippen molar-refractivity contribution in [3.63, 3.8) is 0 Å². The Kier molecular flexibility index (Phi) is 4.40. The number of carbonyl (C=O) groups excluding carboxylic acids is 1. The van der Waals surface area contributed by atoms with Gasteiger partial charge in [-0.05, 0) is 38.5 Å². The maximum atomic E-state index is 11.9. The number of carbonyl (C=O) groups is 1. The van der Waals surface area contributed by atoms with Crippen molar-refractivity contribution in [1.29, 1.82) is 0 Å². The van der Waals surface area contributed by atoms with E-state index in [9.17, 15) is 4.79 Å². The minimum atomic E-state index is -0.0419. The van der Waals surface area contributed by atoms with Gasteiger partial charge in [0.2, 0.25) is 0 Å². The fraction of sp³-hybridized carbons (Fsp3) is 0.923. The van der Waals surface area contributed by atoms with Gasteiger partial charge in [-0.15, -0.1) is 0 Å². The predicted molar refractivity (Wildman–Crippen MR) is 64.5 cm³/mol. The molecule has 2 saturated carbocycles. The van der Waals surface area contributed by atoms with Crippen LogP contribution in [-0.2, 0) is 14.3 Å². The smallest absolute Gasteiger partial charge is 0.309 e. The SMILES string of the molecule is COC1CCCC(OC(=O)C2CCC(N)C2)C1. The molecule has 0 radical (unpaired) electrons. The van der Waals surface area contributed by atoms with Gasteiger partial charge in [0.05, 0.1) is 12.0 Å².